The summed E-state index contributed by atoms with van der Waals surface area (Å²) in [7, 11) is 0. The lowest BCUT2D eigenvalue weighted by Crippen LogP contribution is -2.26. The van der Waals surface area contributed by atoms with Crippen molar-refractivity contribution in [3.05, 3.63) is 59.9 Å². The third-order valence-corrected chi connectivity index (χ3v) is 2.79. The maximum atomic E-state index is 11.6. The first-order chi connectivity index (χ1) is 9.79. The highest BCUT2D eigenvalue weighted by Crippen LogP contribution is 2.11. The molecule has 0 saturated carbocycles. The van der Waals surface area contributed by atoms with E-state index in [9.17, 15) is 4.79 Å². The Bertz CT molecular complexity index is 541. The minimum Gasteiger partial charge on any atom is -0.395 e. The van der Waals surface area contributed by atoms with Crippen LogP contribution in [-0.2, 0) is 6.54 Å². The van der Waals surface area contributed by atoms with Crippen LogP contribution >= 0.6 is 0 Å². The molecule has 1 amide bonds. The molecule has 1 aromatic carbocycles. The van der Waals surface area contributed by atoms with E-state index in [0.717, 1.165) is 11.3 Å². The van der Waals surface area contributed by atoms with Gasteiger partial charge in [0.05, 0.1) is 6.61 Å². The zero-order chi connectivity index (χ0) is 14.2. The van der Waals surface area contributed by atoms with E-state index in [2.05, 4.69) is 15.6 Å². The van der Waals surface area contributed by atoms with Crippen LogP contribution < -0.4 is 10.6 Å². The molecule has 5 heteroatoms. The number of aliphatic hydroxyl groups is 1. The lowest BCUT2D eigenvalue weighted by Gasteiger charge is -2.08. The van der Waals surface area contributed by atoms with Crippen LogP contribution in [-0.4, -0.2) is 29.1 Å². The van der Waals surface area contributed by atoms with Gasteiger partial charge in [0.15, 0.2) is 0 Å². The van der Waals surface area contributed by atoms with Gasteiger partial charge in [0, 0.05) is 36.7 Å². The molecule has 3 N–H and O–H groups in total. The molecule has 0 fully saturated rings. The van der Waals surface area contributed by atoms with Crippen molar-refractivity contribution >= 4 is 11.6 Å². The van der Waals surface area contributed by atoms with Crippen molar-refractivity contribution in [3.63, 3.8) is 0 Å². The molecule has 2 rings (SSSR count). The third kappa shape index (κ3) is 4.07. The van der Waals surface area contributed by atoms with E-state index in [4.69, 9.17) is 5.11 Å². The van der Waals surface area contributed by atoms with Crippen LogP contribution in [0.4, 0.5) is 5.69 Å². The summed E-state index contributed by atoms with van der Waals surface area (Å²) in [5, 5.41) is 14.5. The second kappa shape index (κ2) is 7.25. The minimum atomic E-state index is -0.181. The number of nitrogens with zero attached hydrogens (tertiary/aromatic N) is 1. The van der Waals surface area contributed by atoms with Crippen LogP contribution in [0.2, 0.25) is 0 Å². The number of benzene rings is 1. The van der Waals surface area contributed by atoms with Crippen molar-refractivity contribution in [2.75, 3.05) is 18.5 Å². The van der Waals surface area contributed by atoms with Crippen LogP contribution in [0.1, 0.15) is 15.9 Å². The molecule has 20 heavy (non-hydrogen) atoms. The number of carbonyl (C=O) groups is 1. The molecule has 0 saturated heterocycles. The van der Waals surface area contributed by atoms with Gasteiger partial charge in [-0.2, -0.15) is 0 Å². The van der Waals surface area contributed by atoms with Gasteiger partial charge in [-0.1, -0.05) is 0 Å². The Morgan fingerprint density at radius 2 is 1.80 bits per heavy atom. The molecule has 0 unspecified atom stereocenters. The smallest absolute Gasteiger partial charge is 0.251 e. The van der Waals surface area contributed by atoms with E-state index in [0.29, 0.717) is 12.1 Å². The molecule has 0 radical (unpaired) electrons. The minimum absolute atomic E-state index is 0.0582. The predicted octanol–water partition coefficient (Wildman–Crippen LogP) is 1.42. The molecule has 1 aromatic heterocycles. The van der Waals surface area contributed by atoms with Crippen LogP contribution in [0, 0.1) is 0 Å². The summed E-state index contributed by atoms with van der Waals surface area (Å²) >= 11 is 0. The summed E-state index contributed by atoms with van der Waals surface area (Å²) in [4.78, 5) is 15.6. The number of aliphatic hydroxyl groups excluding tert-OH is 1. The molecule has 1 heterocycles. The molecule has 0 aliphatic carbocycles. The van der Waals surface area contributed by atoms with Gasteiger partial charge in [0.2, 0.25) is 0 Å². The van der Waals surface area contributed by atoms with Gasteiger partial charge in [0.1, 0.15) is 0 Å². The Morgan fingerprint density at radius 1 is 1.10 bits per heavy atom. The summed E-state index contributed by atoms with van der Waals surface area (Å²) in [6, 6.07) is 11.1. The first kappa shape index (κ1) is 14.0. The molecule has 0 bridgehead atoms. The number of pyridine rings is 1. The van der Waals surface area contributed by atoms with Crippen LogP contribution in [0.25, 0.3) is 0 Å². The van der Waals surface area contributed by atoms with Crippen molar-refractivity contribution in [3.8, 4) is 0 Å². The Hall–Kier alpha value is -2.40. The highest BCUT2D eigenvalue weighted by Gasteiger charge is 2.03. The second-order valence-corrected chi connectivity index (χ2v) is 4.27. The highest BCUT2D eigenvalue weighted by atomic mass is 16.3. The Labute approximate surface area is 117 Å². The zero-order valence-corrected chi connectivity index (χ0v) is 11.0. The number of carbonyl (C=O) groups excluding carboxylic acids is 1. The lowest BCUT2D eigenvalue weighted by atomic mass is 10.2. The highest BCUT2D eigenvalue weighted by molar-refractivity contribution is 5.94. The first-order valence-corrected chi connectivity index (χ1v) is 6.41. The number of aromatic nitrogens is 1. The summed E-state index contributed by atoms with van der Waals surface area (Å²) in [5.41, 5.74) is 2.66. The van der Waals surface area contributed by atoms with Crippen molar-refractivity contribution in [1.29, 1.82) is 0 Å². The molecule has 2 aromatic rings. The molecular weight excluding hydrogens is 254 g/mol. The molecule has 5 nitrogen and oxygen atoms in total. The van der Waals surface area contributed by atoms with Gasteiger partial charge in [-0.05, 0) is 42.0 Å². The van der Waals surface area contributed by atoms with Crippen molar-refractivity contribution < 1.29 is 9.90 Å². The van der Waals surface area contributed by atoms with Gasteiger partial charge >= 0.3 is 0 Å². The maximum Gasteiger partial charge on any atom is 0.251 e. The topological polar surface area (TPSA) is 74.2 Å². The van der Waals surface area contributed by atoms with Crippen LogP contribution in [0.15, 0.2) is 48.8 Å². The first-order valence-electron chi connectivity index (χ1n) is 6.41. The van der Waals surface area contributed by atoms with Gasteiger partial charge in [-0.3, -0.25) is 9.78 Å². The number of nitrogens with one attached hydrogen (secondary N) is 2. The summed E-state index contributed by atoms with van der Waals surface area (Å²) < 4.78 is 0. The van der Waals surface area contributed by atoms with Crippen molar-refractivity contribution in [1.82, 2.24) is 10.3 Å². The summed E-state index contributed by atoms with van der Waals surface area (Å²) in [6.45, 7) is 0.913. The van der Waals surface area contributed by atoms with E-state index in [1.54, 1.807) is 24.5 Å². The largest absolute Gasteiger partial charge is 0.395 e. The van der Waals surface area contributed by atoms with Gasteiger partial charge in [0.25, 0.3) is 5.91 Å². The fraction of sp³-hybridized carbons (Fsp3) is 0.200. The van der Waals surface area contributed by atoms with Crippen molar-refractivity contribution in [2.24, 2.45) is 0 Å². The number of amides is 1. The standard InChI is InChI=1S/C15H17N3O2/c19-10-9-17-15(20)13-1-3-14(4-2-13)18-11-12-5-7-16-8-6-12/h1-8,18-19H,9-11H2,(H,17,20). The number of anilines is 1. The van der Waals surface area contributed by atoms with Gasteiger partial charge in [-0.25, -0.2) is 0 Å². The van der Waals surface area contributed by atoms with E-state index in [1.807, 2.05) is 24.3 Å². The Morgan fingerprint density at radius 3 is 2.45 bits per heavy atom. The number of hydrogen-bond donors (Lipinski definition) is 3. The number of hydrogen-bond acceptors (Lipinski definition) is 4. The number of rotatable bonds is 6. The zero-order valence-electron chi connectivity index (χ0n) is 11.0. The molecule has 104 valence electrons. The normalized spacial score (nSPS) is 10.1. The lowest BCUT2D eigenvalue weighted by molar-refractivity contribution is 0.0945. The molecule has 0 spiro atoms. The molecule has 0 aliphatic heterocycles. The quantitative estimate of drug-likeness (QED) is 0.743. The van der Waals surface area contributed by atoms with E-state index >= 15 is 0 Å². The Balaban J connectivity index is 1.90. The van der Waals surface area contributed by atoms with Crippen LogP contribution in [0.5, 0.6) is 0 Å². The second-order valence-electron chi connectivity index (χ2n) is 4.27. The average Bonchev–Trinajstić information content (AvgIpc) is 2.52. The fourth-order valence-electron chi connectivity index (χ4n) is 1.72. The summed E-state index contributed by atoms with van der Waals surface area (Å²) in [5.74, 6) is -0.181. The van der Waals surface area contributed by atoms with Gasteiger partial charge in [-0.15, -0.1) is 0 Å². The van der Waals surface area contributed by atoms with E-state index in [1.165, 1.54) is 0 Å². The molecular formula is C15H17N3O2. The van der Waals surface area contributed by atoms with Crippen LogP contribution in [0.3, 0.4) is 0 Å². The van der Waals surface area contributed by atoms with E-state index < -0.39 is 0 Å². The maximum absolute atomic E-state index is 11.6. The molecule has 0 aliphatic rings. The molecule has 0 atom stereocenters. The monoisotopic (exact) mass is 271 g/mol. The third-order valence-electron chi connectivity index (χ3n) is 2.79. The average molecular weight is 271 g/mol. The van der Waals surface area contributed by atoms with Crippen molar-refractivity contribution in [2.45, 2.75) is 6.54 Å². The summed E-state index contributed by atoms with van der Waals surface area (Å²) in [6.07, 6.45) is 3.51. The van der Waals surface area contributed by atoms with E-state index in [-0.39, 0.29) is 19.1 Å². The predicted molar refractivity (Wildman–Crippen MR) is 77.4 cm³/mol. The van der Waals surface area contributed by atoms with Gasteiger partial charge < -0.3 is 15.7 Å². The fourth-order valence-corrected chi connectivity index (χ4v) is 1.72. The SMILES string of the molecule is O=C(NCCO)c1ccc(NCc2ccncc2)cc1. The Kier molecular flexibility index (Phi) is 5.08.